The molecule has 0 aliphatic heterocycles. The Morgan fingerprint density at radius 1 is 1.50 bits per heavy atom. The summed E-state index contributed by atoms with van der Waals surface area (Å²) in [7, 11) is 0. The van der Waals surface area contributed by atoms with Crippen LogP contribution in [0.5, 0.6) is 0 Å². The normalized spacial score (nSPS) is 12.9. The fourth-order valence-electron chi connectivity index (χ4n) is 1.41. The number of amides is 1. The lowest BCUT2D eigenvalue weighted by Gasteiger charge is -2.23. The van der Waals surface area contributed by atoms with Crippen molar-refractivity contribution in [2.45, 2.75) is 32.4 Å². The molecule has 0 fully saturated rings. The Bertz CT molecular complexity index is 415. The second kappa shape index (κ2) is 5.82. The fraction of sp³-hybridized carbons (Fsp3) is 0.462. The van der Waals surface area contributed by atoms with Crippen molar-refractivity contribution in [3.8, 4) is 0 Å². The van der Waals surface area contributed by atoms with Crippen LogP contribution in [0.15, 0.2) is 24.3 Å². The summed E-state index contributed by atoms with van der Waals surface area (Å²) >= 11 is 0. The van der Waals surface area contributed by atoms with Crippen LogP contribution in [0.4, 0.5) is 9.18 Å². The predicted octanol–water partition coefficient (Wildman–Crippen LogP) is 2.38. The Morgan fingerprint density at radius 2 is 2.17 bits per heavy atom. The second-order valence-electron chi connectivity index (χ2n) is 4.94. The van der Waals surface area contributed by atoms with E-state index in [0.717, 1.165) is 0 Å². The zero-order valence-electron chi connectivity index (χ0n) is 10.7. The van der Waals surface area contributed by atoms with Gasteiger partial charge in [0.25, 0.3) is 0 Å². The summed E-state index contributed by atoms with van der Waals surface area (Å²) in [5.41, 5.74) is -0.130. The van der Waals surface area contributed by atoms with E-state index in [4.69, 9.17) is 4.74 Å². The minimum absolute atomic E-state index is 0.331. The minimum Gasteiger partial charge on any atom is -0.444 e. The number of carbonyl (C=O) groups excluding carboxylic acids is 1. The van der Waals surface area contributed by atoms with Crippen LogP contribution in [0.1, 0.15) is 32.4 Å². The van der Waals surface area contributed by atoms with Gasteiger partial charge in [-0.15, -0.1) is 0 Å². The number of aliphatic hydroxyl groups is 1. The topological polar surface area (TPSA) is 58.6 Å². The van der Waals surface area contributed by atoms with E-state index in [1.807, 2.05) is 0 Å². The molecule has 4 nitrogen and oxygen atoms in total. The van der Waals surface area contributed by atoms with E-state index >= 15 is 0 Å². The lowest BCUT2D eigenvalue weighted by Crippen LogP contribution is -2.36. The van der Waals surface area contributed by atoms with Crippen LogP contribution >= 0.6 is 0 Å². The Balaban J connectivity index is 2.71. The summed E-state index contributed by atoms with van der Waals surface area (Å²) in [5, 5.41) is 11.7. The zero-order chi connectivity index (χ0) is 13.8. The number of hydrogen-bond acceptors (Lipinski definition) is 3. The lowest BCUT2D eigenvalue weighted by atomic mass is 10.1. The van der Waals surface area contributed by atoms with E-state index in [9.17, 15) is 14.3 Å². The molecule has 0 saturated heterocycles. The third-order valence-corrected chi connectivity index (χ3v) is 2.12. The van der Waals surface area contributed by atoms with E-state index in [1.54, 1.807) is 26.8 Å². The lowest BCUT2D eigenvalue weighted by molar-refractivity contribution is 0.0481. The first kappa shape index (κ1) is 14.4. The molecular formula is C13H18FNO3. The van der Waals surface area contributed by atoms with Crippen molar-refractivity contribution in [1.82, 2.24) is 5.32 Å². The highest BCUT2D eigenvalue weighted by Gasteiger charge is 2.20. The van der Waals surface area contributed by atoms with Crippen LogP contribution in [0.25, 0.3) is 0 Å². The van der Waals surface area contributed by atoms with Crippen molar-refractivity contribution in [2.75, 3.05) is 6.61 Å². The van der Waals surface area contributed by atoms with Crippen LogP contribution in [-0.4, -0.2) is 23.4 Å². The maximum absolute atomic E-state index is 13.0. The Kier molecular flexibility index (Phi) is 4.67. The molecule has 18 heavy (non-hydrogen) atoms. The molecule has 0 radical (unpaired) electrons. The van der Waals surface area contributed by atoms with E-state index in [1.165, 1.54) is 18.2 Å². The molecule has 1 rings (SSSR count). The average molecular weight is 255 g/mol. The van der Waals surface area contributed by atoms with Gasteiger partial charge in [0.05, 0.1) is 12.6 Å². The van der Waals surface area contributed by atoms with Gasteiger partial charge in [0, 0.05) is 0 Å². The second-order valence-corrected chi connectivity index (χ2v) is 4.94. The van der Waals surface area contributed by atoms with Gasteiger partial charge in [0.2, 0.25) is 0 Å². The molecule has 0 unspecified atom stereocenters. The Labute approximate surface area is 106 Å². The maximum Gasteiger partial charge on any atom is 0.408 e. The zero-order valence-corrected chi connectivity index (χ0v) is 10.7. The van der Waals surface area contributed by atoms with Gasteiger partial charge in [0.1, 0.15) is 11.4 Å². The molecule has 0 aromatic heterocycles. The number of hydrogen-bond donors (Lipinski definition) is 2. The molecule has 1 atom stereocenters. The van der Waals surface area contributed by atoms with Gasteiger partial charge in [-0.1, -0.05) is 12.1 Å². The molecule has 1 aromatic carbocycles. The van der Waals surface area contributed by atoms with Crippen LogP contribution in [0.3, 0.4) is 0 Å². The first-order valence-electron chi connectivity index (χ1n) is 5.67. The molecule has 0 heterocycles. The van der Waals surface area contributed by atoms with Gasteiger partial charge in [-0.2, -0.15) is 0 Å². The van der Waals surface area contributed by atoms with Gasteiger partial charge in [0.15, 0.2) is 0 Å². The van der Waals surface area contributed by atoms with E-state index in [0.29, 0.717) is 5.56 Å². The highest BCUT2D eigenvalue weighted by Crippen LogP contribution is 2.15. The monoisotopic (exact) mass is 255 g/mol. The smallest absolute Gasteiger partial charge is 0.408 e. The molecule has 0 saturated carbocycles. The first-order valence-corrected chi connectivity index (χ1v) is 5.67. The molecular weight excluding hydrogens is 237 g/mol. The van der Waals surface area contributed by atoms with Crippen molar-refractivity contribution >= 4 is 6.09 Å². The molecule has 0 spiro atoms. The molecule has 0 aliphatic carbocycles. The Hall–Kier alpha value is -1.62. The van der Waals surface area contributed by atoms with Gasteiger partial charge in [-0.3, -0.25) is 0 Å². The average Bonchev–Trinajstić information content (AvgIpc) is 2.23. The third-order valence-electron chi connectivity index (χ3n) is 2.12. The maximum atomic E-state index is 13.0. The van der Waals surface area contributed by atoms with Gasteiger partial charge in [-0.25, -0.2) is 9.18 Å². The van der Waals surface area contributed by atoms with Crippen molar-refractivity contribution in [3.05, 3.63) is 35.6 Å². The van der Waals surface area contributed by atoms with Crippen molar-refractivity contribution in [3.63, 3.8) is 0 Å². The van der Waals surface area contributed by atoms with E-state index in [2.05, 4.69) is 5.32 Å². The summed E-state index contributed by atoms with van der Waals surface area (Å²) in [6.07, 6.45) is -0.647. The Morgan fingerprint density at radius 3 is 2.67 bits per heavy atom. The van der Waals surface area contributed by atoms with Gasteiger partial charge >= 0.3 is 6.09 Å². The number of aliphatic hydroxyl groups excluding tert-OH is 1. The number of benzene rings is 1. The molecule has 1 aromatic rings. The SMILES string of the molecule is CC(C)(C)OC(=O)N[C@H](CO)c1cccc(F)c1. The van der Waals surface area contributed by atoms with E-state index in [-0.39, 0.29) is 6.61 Å². The summed E-state index contributed by atoms with van der Waals surface area (Å²) in [6.45, 7) is 4.89. The number of nitrogens with one attached hydrogen (secondary N) is 1. The fourth-order valence-corrected chi connectivity index (χ4v) is 1.41. The summed E-state index contributed by atoms with van der Waals surface area (Å²) in [5.74, 6) is -0.420. The predicted molar refractivity (Wildman–Crippen MR) is 65.6 cm³/mol. The summed E-state index contributed by atoms with van der Waals surface area (Å²) in [4.78, 5) is 11.5. The van der Waals surface area contributed by atoms with Crippen LogP contribution in [-0.2, 0) is 4.74 Å². The first-order chi connectivity index (χ1) is 8.31. The minimum atomic E-state index is -0.685. The van der Waals surface area contributed by atoms with Crippen molar-refractivity contribution in [1.29, 1.82) is 0 Å². The molecule has 5 heteroatoms. The number of ether oxygens (including phenoxy) is 1. The summed E-state index contributed by atoms with van der Waals surface area (Å²) < 4.78 is 18.1. The van der Waals surface area contributed by atoms with Crippen LogP contribution < -0.4 is 5.32 Å². The van der Waals surface area contributed by atoms with Gasteiger partial charge < -0.3 is 15.2 Å². The molecule has 1 amide bonds. The largest absolute Gasteiger partial charge is 0.444 e. The number of alkyl carbamates (subject to hydrolysis) is 1. The number of carbonyl (C=O) groups is 1. The van der Waals surface area contributed by atoms with Crippen molar-refractivity contribution in [2.24, 2.45) is 0 Å². The standard InChI is InChI=1S/C13H18FNO3/c1-13(2,3)18-12(17)15-11(8-16)9-5-4-6-10(14)7-9/h4-7,11,16H,8H2,1-3H3,(H,15,17)/t11-/m1/s1. The van der Waals surface area contributed by atoms with Crippen LogP contribution in [0.2, 0.25) is 0 Å². The molecule has 2 N–H and O–H groups in total. The van der Waals surface area contributed by atoms with E-state index < -0.39 is 23.6 Å². The quantitative estimate of drug-likeness (QED) is 0.871. The third kappa shape index (κ3) is 4.71. The van der Waals surface area contributed by atoms with Gasteiger partial charge in [-0.05, 0) is 38.5 Å². The number of halogens is 1. The highest BCUT2D eigenvalue weighted by atomic mass is 19.1. The highest BCUT2D eigenvalue weighted by molar-refractivity contribution is 5.68. The number of rotatable bonds is 3. The summed E-state index contributed by atoms with van der Waals surface area (Å²) in [6, 6.07) is 5.02. The van der Waals surface area contributed by atoms with Crippen LogP contribution in [0, 0.1) is 5.82 Å². The molecule has 100 valence electrons. The molecule has 0 bridgehead atoms. The molecule has 0 aliphatic rings. The van der Waals surface area contributed by atoms with Crippen molar-refractivity contribution < 1.29 is 19.0 Å².